The van der Waals surface area contributed by atoms with Crippen LogP contribution in [-0.2, 0) is 19.5 Å². The number of ether oxygens (including phenoxy) is 1. The van der Waals surface area contributed by atoms with E-state index < -0.39 is 0 Å². The van der Waals surface area contributed by atoms with Crippen molar-refractivity contribution < 1.29 is 9.53 Å². The summed E-state index contributed by atoms with van der Waals surface area (Å²) in [5, 5.41) is 12.4. The van der Waals surface area contributed by atoms with E-state index in [2.05, 4.69) is 57.0 Å². The summed E-state index contributed by atoms with van der Waals surface area (Å²) in [6, 6.07) is 14.0. The molecule has 0 saturated heterocycles. The summed E-state index contributed by atoms with van der Waals surface area (Å²) in [4.78, 5) is 15.6. The molecule has 1 aliphatic heterocycles. The molecule has 0 radical (unpaired) electrons. The van der Waals surface area contributed by atoms with E-state index in [0.29, 0.717) is 11.5 Å². The lowest BCUT2D eigenvalue weighted by Gasteiger charge is -2.22. The molecule has 0 unspecified atom stereocenters. The van der Waals surface area contributed by atoms with Crippen LogP contribution in [0.3, 0.4) is 0 Å². The molecule has 0 spiro atoms. The summed E-state index contributed by atoms with van der Waals surface area (Å²) < 4.78 is 7.60. The summed E-state index contributed by atoms with van der Waals surface area (Å²) >= 11 is 0. The van der Waals surface area contributed by atoms with E-state index in [9.17, 15) is 4.79 Å². The molecular formula is C28H37N5O2. The van der Waals surface area contributed by atoms with Gasteiger partial charge >= 0.3 is 0 Å². The lowest BCUT2D eigenvalue weighted by atomic mass is 10.0. The highest BCUT2D eigenvalue weighted by Gasteiger charge is 2.26. The molecule has 186 valence electrons. The summed E-state index contributed by atoms with van der Waals surface area (Å²) in [5.41, 5.74) is 4.10. The van der Waals surface area contributed by atoms with E-state index in [1.54, 1.807) is 7.11 Å². The second-order valence-corrected chi connectivity index (χ2v) is 10.0. The van der Waals surface area contributed by atoms with Gasteiger partial charge in [0.2, 0.25) is 0 Å². The van der Waals surface area contributed by atoms with Crippen molar-refractivity contribution in [2.45, 2.75) is 59.7 Å². The highest BCUT2D eigenvalue weighted by molar-refractivity contribution is 5.94. The Bertz CT molecular complexity index is 1150. The Morgan fingerprint density at radius 1 is 1.06 bits per heavy atom. The third-order valence-corrected chi connectivity index (χ3v) is 6.50. The van der Waals surface area contributed by atoms with E-state index in [0.717, 1.165) is 67.5 Å². The predicted octanol–water partition coefficient (Wildman–Crippen LogP) is 4.48. The maximum absolute atomic E-state index is 13.2. The van der Waals surface area contributed by atoms with Crippen molar-refractivity contribution in [2.24, 2.45) is 5.92 Å². The Balaban J connectivity index is 1.50. The molecule has 2 aromatic carbocycles. The number of amides is 1. The van der Waals surface area contributed by atoms with Crippen LogP contribution in [0.1, 0.15) is 65.0 Å². The van der Waals surface area contributed by atoms with E-state index in [4.69, 9.17) is 4.74 Å². The van der Waals surface area contributed by atoms with Gasteiger partial charge in [0.05, 0.1) is 13.2 Å². The van der Waals surface area contributed by atoms with Gasteiger partial charge in [-0.25, -0.2) is 0 Å². The van der Waals surface area contributed by atoms with Gasteiger partial charge in [-0.15, -0.1) is 10.2 Å². The minimum atomic E-state index is -0.186. The summed E-state index contributed by atoms with van der Waals surface area (Å²) in [7, 11) is 1.70. The van der Waals surface area contributed by atoms with Crippen molar-refractivity contribution in [3.63, 3.8) is 0 Å². The lowest BCUT2D eigenvalue weighted by molar-refractivity contribution is 0.0928. The van der Waals surface area contributed by atoms with Crippen LogP contribution >= 0.6 is 0 Å². The number of fused-ring (bicyclic) bond motifs is 1. The lowest BCUT2D eigenvalue weighted by Crippen LogP contribution is -2.32. The number of methoxy groups -OCH3 is 1. The topological polar surface area (TPSA) is 72.3 Å². The third-order valence-electron chi connectivity index (χ3n) is 6.50. The van der Waals surface area contributed by atoms with Gasteiger partial charge in [0.1, 0.15) is 11.6 Å². The van der Waals surface area contributed by atoms with E-state index in [-0.39, 0.29) is 11.9 Å². The van der Waals surface area contributed by atoms with Crippen LogP contribution in [-0.4, -0.2) is 45.8 Å². The average Bonchev–Trinajstić information content (AvgIpc) is 3.12. The Morgan fingerprint density at radius 3 is 2.54 bits per heavy atom. The summed E-state index contributed by atoms with van der Waals surface area (Å²) in [6.07, 6.45) is 1.64. The molecule has 4 rings (SSSR count). The first kappa shape index (κ1) is 24.9. The van der Waals surface area contributed by atoms with Gasteiger partial charge in [-0.3, -0.25) is 9.69 Å². The van der Waals surface area contributed by atoms with Gasteiger partial charge < -0.3 is 14.6 Å². The second kappa shape index (κ2) is 11.0. The zero-order valence-electron chi connectivity index (χ0n) is 21.5. The number of benzene rings is 2. The number of rotatable bonds is 8. The Kier molecular flexibility index (Phi) is 7.86. The van der Waals surface area contributed by atoms with Crippen LogP contribution in [0.25, 0.3) is 0 Å². The number of hydrogen-bond acceptors (Lipinski definition) is 5. The summed E-state index contributed by atoms with van der Waals surface area (Å²) in [5.74, 6) is 3.07. The van der Waals surface area contributed by atoms with Crippen molar-refractivity contribution >= 4 is 5.91 Å². The number of carbonyl (C=O) groups is 1. The molecule has 0 fully saturated rings. The summed E-state index contributed by atoms with van der Waals surface area (Å²) in [6.45, 7) is 11.9. The van der Waals surface area contributed by atoms with E-state index in [1.165, 1.54) is 5.56 Å². The molecule has 7 heteroatoms. The van der Waals surface area contributed by atoms with Crippen molar-refractivity contribution in [2.75, 3.05) is 20.2 Å². The van der Waals surface area contributed by atoms with Crippen molar-refractivity contribution in [3.8, 4) is 5.75 Å². The van der Waals surface area contributed by atoms with Crippen LogP contribution in [0.15, 0.2) is 42.5 Å². The van der Waals surface area contributed by atoms with Crippen molar-refractivity contribution in [1.29, 1.82) is 0 Å². The van der Waals surface area contributed by atoms with Gasteiger partial charge in [-0.2, -0.15) is 0 Å². The third kappa shape index (κ3) is 6.28. The fraction of sp³-hybridized carbons (Fsp3) is 0.464. The SMILES string of the molecule is COc1cccc(CN2CCc3nnc([C@H](CC(C)C)NC(=O)c4cc(C)cc(C)c4)n3CC2)c1. The monoisotopic (exact) mass is 475 g/mol. The molecule has 35 heavy (non-hydrogen) atoms. The fourth-order valence-electron chi connectivity index (χ4n) is 4.88. The van der Waals surface area contributed by atoms with Gasteiger partial charge in [0.15, 0.2) is 5.82 Å². The average molecular weight is 476 g/mol. The van der Waals surface area contributed by atoms with E-state index >= 15 is 0 Å². The van der Waals surface area contributed by atoms with Gasteiger partial charge in [-0.1, -0.05) is 43.2 Å². The maximum atomic E-state index is 13.2. The molecule has 1 amide bonds. The smallest absolute Gasteiger partial charge is 0.251 e. The van der Waals surface area contributed by atoms with Crippen LogP contribution in [0.2, 0.25) is 0 Å². The molecule has 1 aliphatic rings. The zero-order chi connectivity index (χ0) is 24.9. The van der Waals surface area contributed by atoms with Crippen molar-refractivity contribution in [3.05, 3.63) is 76.4 Å². The highest BCUT2D eigenvalue weighted by Crippen LogP contribution is 2.24. The van der Waals surface area contributed by atoms with Gasteiger partial charge in [0.25, 0.3) is 5.91 Å². The van der Waals surface area contributed by atoms with Crippen LogP contribution in [0.5, 0.6) is 5.75 Å². The van der Waals surface area contributed by atoms with E-state index in [1.807, 2.05) is 38.1 Å². The minimum Gasteiger partial charge on any atom is -0.497 e. The molecule has 1 N–H and O–H groups in total. The number of aromatic nitrogens is 3. The number of aryl methyl sites for hydroxylation is 2. The van der Waals surface area contributed by atoms with Crippen molar-refractivity contribution in [1.82, 2.24) is 25.0 Å². The number of hydrogen-bond donors (Lipinski definition) is 1. The normalized spacial score (nSPS) is 14.9. The van der Waals surface area contributed by atoms with Crippen LogP contribution < -0.4 is 10.1 Å². The van der Waals surface area contributed by atoms with Crippen LogP contribution in [0, 0.1) is 19.8 Å². The number of nitrogens with one attached hydrogen (secondary N) is 1. The van der Waals surface area contributed by atoms with Crippen LogP contribution in [0.4, 0.5) is 0 Å². The first-order valence-electron chi connectivity index (χ1n) is 12.5. The zero-order valence-corrected chi connectivity index (χ0v) is 21.5. The quantitative estimate of drug-likeness (QED) is 0.520. The molecule has 1 atom stereocenters. The first-order chi connectivity index (χ1) is 16.8. The second-order valence-electron chi connectivity index (χ2n) is 10.0. The molecule has 0 aliphatic carbocycles. The number of nitrogens with zero attached hydrogens (tertiary/aromatic N) is 4. The molecule has 0 saturated carbocycles. The molecule has 3 aromatic rings. The fourth-order valence-corrected chi connectivity index (χ4v) is 4.88. The Labute approximate surface area is 208 Å². The Hall–Kier alpha value is -3.19. The molecular weight excluding hydrogens is 438 g/mol. The molecule has 1 aromatic heterocycles. The molecule has 7 nitrogen and oxygen atoms in total. The highest BCUT2D eigenvalue weighted by atomic mass is 16.5. The molecule has 0 bridgehead atoms. The number of carbonyl (C=O) groups excluding carboxylic acids is 1. The maximum Gasteiger partial charge on any atom is 0.251 e. The molecule has 2 heterocycles. The van der Waals surface area contributed by atoms with Gasteiger partial charge in [-0.05, 0) is 56.0 Å². The minimum absolute atomic E-state index is 0.0620. The first-order valence-corrected chi connectivity index (χ1v) is 12.5. The predicted molar refractivity (Wildman–Crippen MR) is 138 cm³/mol. The Morgan fingerprint density at radius 2 is 1.83 bits per heavy atom. The standard InChI is InChI=1S/C28H37N5O2/c1-19(2)13-25(29-28(34)23-15-20(3)14-21(4)16-23)27-31-30-26-9-10-32(11-12-33(26)27)18-22-7-6-8-24(17-22)35-5/h6-8,14-17,19,25H,9-13,18H2,1-5H3,(H,29,34)/t25-/m0/s1. The van der Waals surface area contributed by atoms with Gasteiger partial charge in [0, 0.05) is 38.2 Å². The largest absolute Gasteiger partial charge is 0.497 e.